The molecule has 2 aliphatic heterocycles. The Bertz CT molecular complexity index is 957. The molecular weight excluding hydrogens is 464 g/mol. The van der Waals surface area contributed by atoms with Gasteiger partial charge in [0.05, 0.1) is 6.10 Å². The molecule has 6 nitrogen and oxygen atoms in total. The van der Waals surface area contributed by atoms with Gasteiger partial charge in [-0.2, -0.15) is 0 Å². The maximum atomic E-state index is 13.3. The number of carboxylic acid groups (broad SMARTS) is 1. The number of fused-ring (bicyclic) bond motifs is 1. The molecule has 3 aliphatic rings. The molecule has 0 spiro atoms. The van der Waals surface area contributed by atoms with Crippen LogP contribution in [0.15, 0.2) is 42.5 Å². The Morgan fingerprint density at radius 1 is 0.972 bits per heavy atom. The number of β-amino-alcohol motifs (C(OH)–C–C–N with tert-alkyl or cyclic N) is 1. The second-order valence-electron chi connectivity index (χ2n) is 9.92. The van der Waals surface area contributed by atoms with E-state index in [4.69, 9.17) is 10.2 Å². The molecule has 0 bridgehead atoms. The van der Waals surface area contributed by atoms with Gasteiger partial charge in [0.1, 0.15) is 0 Å². The molecule has 2 heterocycles. The maximum absolute atomic E-state index is 13.3. The molecule has 198 valence electrons. The fourth-order valence-corrected chi connectivity index (χ4v) is 4.70. The minimum absolute atomic E-state index is 0.0648. The third kappa shape index (κ3) is 9.48. The van der Waals surface area contributed by atoms with Crippen LogP contribution in [-0.2, 0) is 12.8 Å². The number of halogens is 2. The maximum Gasteiger partial charge on any atom is 0.404 e. The number of aliphatic hydroxyl groups is 1. The predicted molar refractivity (Wildman–Crippen MR) is 139 cm³/mol. The molecule has 2 aromatic carbocycles. The van der Waals surface area contributed by atoms with Gasteiger partial charge in [0, 0.05) is 25.9 Å². The van der Waals surface area contributed by atoms with Crippen LogP contribution in [0.5, 0.6) is 0 Å². The van der Waals surface area contributed by atoms with Crippen molar-refractivity contribution in [3.8, 4) is 11.1 Å². The topological polar surface area (TPSA) is 93.6 Å². The van der Waals surface area contributed by atoms with E-state index in [2.05, 4.69) is 16.0 Å². The molecule has 0 saturated carbocycles. The van der Waals surface area contributed by atoms with Gasteiger partial charge in [-0.25, -0.2) is 13.6 Å². The largest absolute Gasteiger partial charge is 0.465 e. The second kappa shape index (κ2) is 13.7. The molecule has 1 amide bonds. The zero-order valence-corrected chi connectivity index (χ0v) is 21.0. The van der Waals surface area contributed by atoms with Gasteiger partial charge in [0.15, 0.2) is 0 Å². The minimum Gasteiger partial charge on any atom is -0.465 e. The van der Waals surface area contributed by atoms with E-state index in [1.165, 1.54) is 18.4 Å². The van der Waals surface area contributed by atoms with Crippen molar-refractivity contribution in [1.82, 2.24) is 16.0 Å². The number of amides is 1. The molecule has 1 unspecified atom stereocenters. The van der Waals surface area contributed by atoms with Crippen LogP contribution in [0.3, 0.4) is 0 Å². The number of aliphatic hydroxyl groups excluding tert-OH is 1. The highest BCUT2D eigenvalue weighted by Crippen LogP contribution is 2.36. The van der Waals surface area contributed by atoms with Crippen LogP contribution in [0.4, 0.5) is 13.6 Å². The lowest BCUT2D eigenvalue weighted by Crippen LogP contribution is -2.30. The van der Waals surface area contributed by atoms with E-state index >= 15 is 0 Å². The average Bonchev–Trinajstić information content (AvgIpc) is 3.44. The Balaban J connectivity index is 0.000000172. The lowest BCUT2D eigenvalue weighted by atomic mass is 9.95. The van der Waals surface area contributed by atoms with Crippen molar-refractivity contribution in [3.63, 3.8) is 0 Å². The van der Waals surface area contributed by atoms with Crippen LogP contribution in [-0.4, -0.2) is 61.1 Å². The van der Waals surface area contributed by atoms with Crippen molar-refractivity contribution < 1.29 is 23.8 Å². The van der Waals surface area contributed by atoms with Gasteiger partial charge in [-0.05, 0) is 80.4 Å². The van der Waals surface area contributed by atoms with Crippen molar-refractivity contribution in [2.45, 2.75) is 57.5 Å². The van der Waals surface area contributed by atoms with Crippen molar-refractivity contribution in [2.24, 2.45) is 5.92 Å². The summed E-state index contributed by atoms with van der Waals surface area (Å²) in [6, 6.07) is 13.8. The van der Waals surface area contributed by atoms with Crippen molar-refractivity contribution in [3.05, 3.63) is 59.2 Å². The Hall–Kier alpha value is -2.55. The normalized spacial score (nSPS) is 20.4. The van der Waals surface area contributed by atoms with Crippen LogP contribution in [0.2, 0.25) is 0 Å². The number of alkyl halides is 2. The van der Waals surface area contributed by atoms with Gasteiger partial charge in [-0.1, -0.05) is 48.0 Å². The number of piperidine rings is 1. The van der Waals surface area contributed by atoms with E-state index in [1.807, 2.05) is 49.4 Å². The lowest BCUT2D eigenvalue weighted by Gasteiger charge is -2.22. The van der Waals surface area contributed by atoms with E-state index in [9.17, 15) is 13.6 Å². The number of benzene rings is 2. The Morgan fingerprint density at radius 3 is 2.19 bits per heavy atom. The first-order valence-corrected chi connectivity index (χ1v) is 12.8. The Labute approximate surface area is 212 Å². The van der Waals surface area contributed by atoms with Gasteiger partial charge >= 0.3 is 6.09 Å². The van der Waals surface area contributed by atoms with Crippen molar-refractivity contribution >= 4 is 6.09 Å². The zero-order valence-electron chi connectivity index (χ0n) is 21.0. The highest BCUT2D eigenvalue weighted by atomic mass is 19.3. The summed E-state index contributed by atoms with van der Waals surface area (Å²) in [6.45, 7) is 6.57. The first-order chi connectivity index (χ1) is 17.2. The van der Waals surface area contributed by atoms with Crippen molar-refractivity contribution in [1.29, 1.82) is 0 Å². The zero-order chi connectivity index (χ0) is 26.0. The Kier molecular flexibility index (Phi) is 10.6. The molecule has 2 aromatic rings. The molecule has 1 aliphatic carbocycles. The second-order valence-corrected chi connectivity index (χ2v) is 9.92. The van der Waals surface area contributed by atoms with Gasteiger partial charge in [-0.3, -0.25) is 0 Å². The molecule has 2 fully saturated rings. The standard InChI is InChI=1S/C16H14F2.C8H16N2O2.C4H9NO/c1-11-2-4-12(5-3-11)13-6-7-14-9-16(17,18)10-15(14)8-13;11-8(12)10-6-3-7-1-4-9-5-2-7;6-4-1-2-5-3-4/h2-8H,9-10H2,1H3;7,9-10H,1-6H2,(H,11,12);4-6H,1-3H2. The third-order valence-electron chi connectivity index (χ3n) is 6.81. The molecule has 0 aromatic heterocycles. The summed E-state index contributed by atoms with van der Waals surface area (Å²) in [5, 5.41) is 25.7. The summed E-state index contributed by atoms with van der Waals surface area (Å²) < 4.78 is 26.6. The average molecular weight is 504 g/mol. The van der Waals surface area contributed by atoms with Gasteiger partial charge < -0.3 is 26.2 Å². The first-order valence-electron chi connectivity index (χ1n) is 12.8. The minimum atomic E-state index is -2.56. The monoisotopic (exact) mass is 503 g/mol. The van der Waals surface area contributed by atoms with E-state index < -0.39 is 12.0 Å². The van der Waals surface area contributed by atoms with Crippen LogP contribution in [0.25, 0.3) is 11.1 Å². The molecule has 8 heteroatoms. The number of nitrogens with one attached hydrogen (secondary N) is 3. The molecule has 2 saturated heterocycles. The molecule has 0 radical (unpaired) electrons. The smallest absolute Gasteiger partial charge is 0.404 e. The SMILES string of the molecule is Cc1ccc(-c2ccc3c(c2)CC(F)(F)C3)cc1.O=C(O)NCCC1CCNCC1.OC1CCNC1. The molecule has 5 rings (SSSR count). The highest BCUT2D eigenvalue weighted by molar-refractivity contribution is 5.66. The number of rotatable bonds is 4. The molecule has 36 heavy (non-hydrogen) atoms. The van der Waals surface area contributed by atoms with E-state index in [0.717, 1.165) is 61.3 Å². The number of hydrogen-bond acceptors (Lipinski definition) is 4. The van der Waals surface area contributed by atoms with E-state index in [1.54, 1.807) is 0 Å². The summed E-state index contributed by atoms with van der Waals surface area (Å²) in [7, 11) is 0. The quantitative estimate of drug-likeness (QED) is 0.427. The van der Waals surface area contributed by atoms with Crippen molar-refractivity contribution in [2.75, 3.05) is 32.7 Å². The molecule has 5 N–H and O–H groups in total. The summed E-state index contributed by atoms with van der Waals surface area (Å²) >= 11 is 0. The summed E-state index contributed by atoms with van der Waals surface area (Å²) in [5.41, 5.74) is 4.88. The Morgan fingerprint density at radius 2 is 1.61 bits per heavy atom. The van der Waals surface area contributed by atoms with Crippen LogP contribution >= 0.6 is 0 Å². The van der Waals surface area contributed by atoms with Crippen LogP contribution in [0, 0.1) is 12.8 Å². The van der Waals surface area contributed by atoms with Crippen LogP contribution < -0.4 is 16.0 Å². The van der Waals surface area contributed by atoms with Gasteiger partial charge in [0.25, 0.3) is 5.92 Å². The van der Waals surface area contributed by atoms with Gasteiger partial charge in [0.2, 0.25) is 0 Å². The fourth-order valence-electron chi connectivity index (χ4n) is 4.70. The van der Waals surface area contributed by atoms with E-state index in [-0.39, 0.29) is 18.9 Å². The summed E-state index contributed by atoms with van der Waals surface area (Å²) in [5.74, 6) is -1.85. The first kappa shape index (κ1) is 28.0. The van der Waals surface area contributed by atoms with Crippen LogP contribution in [0.1, 0.15) is 42.4 Å². The fraction of sp³-hybridized carbons (Fsp3) is 0.536. The summed E-state index contributed by atoms with van der Waals surface area (Å²) in [6.07, 6.45) is 3.06. The predicted octanol–water partition coefficient (Wildman–Crippen LogP) is 4.38. The number of hydrogen-bond donors (Lipinski definition) is 5. The summed E-state index contributed by atoms with van der Waals surface area (Å²) in [4.78, 5) is 10.1. The van der Waals surface area contributed by atoms with E-state index in [0.29, 0.717) is 12.5 Å². The van der Waals surface area contributed by atoms with Gasteiger partial charge in [-0.15, -0.1) is 0 Å². The molecule has 1 atom stereocenters. The number of carbonyl (C=O) groups is 1. The highest BCUT2D eigenvalue weighted by Gasteiger charge is 2.37. The third-order valence-corrected chi connectivity index (χ3v) is 6.81. The lowest BCUT2D eigenvalue weighted by molar-refractivity contribution is 0.0130. The number of aryl methyl sites for hydroxylation is 1. The molecular formula is C28H39F2N3O3.